The van der Waals surface area contributed by atoms with Crippen molar-refractivity contribution in [2.75, 3.05) is 0 Å². The SMILES string of the molecule is C[C@@H](C(=O)NCc1cccnc1-n1ccnc1)n1cnc2ccccc21. The number of nitrogens with zero attached hydrogens (tertiary/aromatic N) is 5. The molecular formula is C19H18N6O. The second-order valence-electron chi connectivity index (χ2n) is 5.99. The number of carbonyl (C=O) groups is 1. The van der Waals surface area contributed by atoms with E-state index in [1.165, 1.54) is 0 Å². The van der Waals surface area contributed by atoms with Gasteiger partial charge in [0.2, 0.25) is 5.91 Å². The number of benzene rings is 1. The average Bonchev–Trinajstić information content (AvgIpc) is 3.35. The fourth-order valence-corrected chi connectivity index (χ4v) is 2.93. The van der Waals surface area contributed by atoms with Crippen LogP contribution >= 0.6 is 0 Å². The highest BCUT2D eigenvalue weighted by molar-refractivity contribution is 5.83. The molecule has 0 saturated carbocycles. The van der Waals surface area contributed by atoms with Crippen LogP contribution < -0.4 is 5.32 Å². The van der Waals surface area contributed by atoms with E-state index in [4.69, 9.17) is 0 Å². The summed E-state index contributed by atoms with van der Waals surface area (Å²) in [5, 5.41) is 2.99. The Labute approximate surface area is 150 Å². The largest absolute Gasteiger partial charge is 0.350 e. The van der Waals surface area contributed by atoms with E-state index in [9.17, 15) is 4.79 Å². The summed E-state index contributed by atoms with van der Waals surface area (Å²) in [6.45, 7) is 2.25. The number of fused-ring (bicyclic) bond motifs is 1. The first-order valence-electron chi connectivity index (χ1n) is 8.35. The zero-order valence-electron chi connectivity index (χ0n) is 14.3. The Kier molecular flexibility index (Phi) is 4.18. The Hall–Kier alpha value is -3.48. The van der Waals surface area contributed by atoms with Crippen molar-refractivity contribution in [3.8, 4) is 5.82 Å². The molecular weight excluding hydrogens is 328 g/mol. The lowest BCUT2D eigenvalue weighted by Gasteiger charge is -2.15. The van der Waals surface area contributed by atoms with Gasteiger partial charge in [-0.05, 0) is 25.1 Å². The molecule has 7 heteroatoms. The van der Waals surface area contributed by atoms with Crippen molar-refractivity contribution in [3.05, 3.63) is 73.2 Å². The lowest BCUT2D eigenvalue weighted by molar-refractivity contribution is -0.123. The molecule has 3 aromatic heterocycles. The first kappa shape index (κ1) is 16.0. The van der Waals surface area contributed by atoms with E-state index in [1.54, 1.807) is 25.0 Å². The van der Waals surface area contributed by atoms with Crippen LogP contribution in [0.1, 0.15) is 18.5 Å². The molecule has 26 heavy (non-hydrogen) atoms. The molecule has 0 aliphatic rings. The Morgan fingerprint density at radius 1 is 1.12 bits per heavy atom. The Morgan fingerprint density at radius 2 is 2.00 bits per heavy atom. The normalized spacial score (nSPS) is 12.2. The van der Waals surface area contributed by atoms with E-state index in [2.05, 4.69) is 20.3 Å². The van der Waals surface area contributed by atoms with Crippen LogP contribution in [0, 0.1) is 0 Å². The van der Waals surface area contributed by atoms with Crippen molar-refractivity contribution >= 4 is 16.9 Å². The van der Waals surface area contributed by atoms with Gasteiger partial charge in [-0.25, -0.2) is 15.0 Å². The molecule has 1 amide bonds. The molecule has 4 rings (SSSR count). The van der Waals surface area contributed by atoms with Crippen LogP contribution in [-0.4, -0.2) is 30.0 Å². The maximum Gasteiger partial charge on any atom is 0.243 e. The molecule has 1 atom stereocenters. The maximum atomic E-state index is 12.7. The topological polar surface area (TPSA) is 77.6 Å². The summed E-state index contributed by atoms with van der Waals surface area (Å²) in [6.07, 6.45) is 8.64. The molecule has 1 N–H and O–H groups in total. The summed E-state index contributed by atoms with van der Waals surface area (Å²) in [6, 6.07) is 11.2. The van der Waals surface area contributed by atoms with Gasteiger partial charge in [0, 0.05) is 30.7 Å². The molecule has 0 aliphatic carbocycles. The number of nitrogens with one attached hydrogen (secondary N) is 1. The van der Waals surface area contributed by atoms with E-state index in [0.29, 0.717) is 6.54 Å². The predicted molar refractivity (Wildman–Crippen MR) is 97.6 cm³/mol. The molecule has 0 saturated heterocycles. The smallest absolute Gasteiger partial charge is 0.243 e. The summed E-state index contributed by atoms with van der Waals surface area (Å²) in [7, 11) is 0. The standard InChI is InChI=1S/C19H18N6O/c1-14(25-13-23-16-6-2-3-7-17(16)25)19(26)22-11-15-5-4-8-21-18(15)24-10-9-20-12-24/h2-10,12-14H,11H2,1H3,(H,22,26)/t14-/m0/s1. The highest BCUT2D eigenvalue weighted by atomic mass is 16.2. The summed E-state index contributed by atoms with van der Waals surface area (Å²) in [4.78, 5) is 25.5. The minimum Gasteiger partial charge on any atom is -0.350 e. The molecule has 0 fully saturated rings. The highest BCUT2D eigenvalue weighted by Gasteiger charge is 2.17. The number of amides is 1. The zero-order chi connectivity index (χ0) is 17.9. The first-order chi connectivity index (χ1) is 12.7. The Bertz CT molecular complexity index is 1040. The summed E-state index contributed by atoms with van der Waals surface area (Å²) >= 11 is 0. The van der Waals surface area contributed by atoms with Gasteiger partial charge in [-0.2, -0.15) is 0 Å². The van der Waals surface area contributed by atoms with Crippen molar-refractivity contribution in [1.82, 2.24) is 29.4 Å². The fraction of sp³-hybridized carbons (Fsp3) is 0.158. The number of hydrogen-bond donors (Lipinski definition) is 1. The van der Waals surface area contributed by atoms with Crippen LogP contribution in [0.5, 0.6) is 0 Å². The van der Waals surface area contributed by atoms with Crippen molar-refractivity contribution < 1.29 is 4.79 Å². The first-order valence-corrected chi connectivity index (χ1v) is 8.35. The lowest BCUT2D eigenvalue weighted by Crippen LogP contribution is -2.30. The van der Waals surface area contributed by atoms with Crippen molar-refractivity contribution in [3.63, 3.8) is 0 Å². The third-order valence-electron chi connectivity index (χ3n) is 4.35. The number of imidazole rings is 2. The number of pyridine rings is 1. The third-order valence-corrected chi connectivity index (χ3v) is 4.35. The van der Waals surface area contributed by atoms with E-state index in [1.807, 2.05) is 58.7 Å². The minimum atomic E-state index is -0.365. The van der Waals surface area contributed by atoms with Crippen LogP contribution in [0.4, 0.5) is 0 Å². The molecule has 0 bridgehead atoms. The monoisotopic (exact) mass is 346 g/mol. The van der Waals surface area contributed by atoms with Gasteiger partial charge in [0.1, 0.15) is 18.2 Å². The predicted octanol–water partition coefficient (Wildman–Crippen LogP) is 2.49. The second-order valence-corrected chi connectivity index (χ2v) is 5.99. The molecule has 4 aromatic rings. The number of carbonyl (C=O) groups excluding carboxylic acids is 1. The molecule has 1 aromatic carbocycles. The number of hydrogen-bond acceptors (Lipinski definition) is 4. The number of aromatic nitrogens is 5. The minimum absolute atomic E-state index is 0.0754. The molecule has 0 radical (unpaired) electrons. The third kappa shape index (κ3) is 2.95. The quantitative estimate of drug-likeness (QED) is 0.602. The van der Waals surface area contributed by atoms with Crippen molar-refractivity contribution in [2.24, 2.45) is 0 Å². The van der Waals surface area contributed by atoms with Crippen LogP contribution in [0.15, 0.2) is 67.6 Å². The van der Waals surface area contributed by atoms with Crippen molar-refractivity contribution in [1.29, 1.82) is 0 Å². The molecule has 130 valence electrons. The summed E-state index contributed by atoms with van der Waals surface area (Å²) in [5.41, 5.74) is 2.74. The van der Waals surface area contributed by atoms with Gasteiger partial charge in [-0.15, -0.1) is 0 Å². The van der Waals surface area contributed by atoms with Gasteiger partial charge >= 0.3 is 0 Å². The van der Waals surface area contributed by atoms with E-state index in [0.717, 1.165) is 22.4 Å². The molecule has 0 aliphatic heterocycles. The van der Waals surface area contributed by atoms with Crippen LogP contribution in [0.3, 0.4) is 0 Å². The number of rotatable bonds is 5. The zero-order valence-corrected chi connectivity index (χ0v) is 14.3. The van der Waals surface area contributed by atoms with Gasteiger partial charge in [0.05, 0.1) is 17.4 Å². The molecule has 7 nitrogen and oxygen atoms in total. The Morgan fingerprint density at radius 3 is 2.85 bits per heavy atom. The van der Waals surface area contributed by atoms with Crippen molar-refractivity contribution in [2.45, 2.75) is 19.5 Å². The van der Waals surface area contributed by atoms with Crippen LogP contribution in [0.25, 0.3) is 16.9 Å². The number of para-hydroxylation sites is 2. The maximum absolute atomic E-state index is 12.7. The van der Waals surface area contributed by atoms with Crippen LogP contribution in [-0.2, 0) is 11.3 Å². The molecule has 0 spiro atoms. The van der Waals surface area contributed by atoms with Gasteiger partial charge in [0.25, 0.3) is 0 Å². The second kappa shape index (κ2) is 6.79. The van der Waals surface area contributed by atoms with E-state index in [-0.39, 0.29) is 11.9 Å². The lowest BCUT2D eigenvalue weighted by atomic mass is 10.2. The highest BCUT2D eigenvalue weighted by Crippen LogP contribution is 2.18. The van der Waals surface area contributed by atoms with E-state index >= 15 is 0 Å². The van der Waals surface area contributed by atoms with E-state index < -0.39 is 0 Å². The van der Waals surface area contributed by atoms with Crippen LogP contribution in [0.2, 0.25) is 0 Å². The summed E-state index contributed by atoms with van der Waals surface area (Å²) in [5.74, 6) is 0.680. The summed E-state index contributed by atoms with van der Waals surface area (Å²) < 4.78 is 3.71. The van der Waals surface area contributed by atoms with Gasteiger partial charge in [-0.1, -0.05) is 18.2 Å². The van der Waals surface area contributed by atoms with Gasteiger partial charge in [0.15, 0.2) is 0 Å². The average molecular weight is 346 g/mol. The fourth-order valence-electron chi connectivity index (χ4n) is 2.93. The van der Waals surface area contributed by atoms with Gasteiger partial charge < -0.3 is 9.88 Å². The Balaban J connectivity index is 1.51. The molecule has 0 unspecified atom stereocenters. The molecule has 3 heterocycles. The van der Waals surface area contributed by atoms with Gasteiger partial charge in [-0.3, -0.25) is 9.36 Å².